The van der Waals surface area contributed by atoms with Crippen molar-refractivity contribution >= 4 is 11.9 Å². The van der Waals surface area contributed by atoms with Crippen molar-refractivity contribution in [2.75, 3.05) is 0 Å². The van der Waals surface area contributed by atoms with Crippen molar-refractivity contribution in [3.63, 3.8) is 0 Å². The number of halogens is 3. The van der Waals surface area contributed by atoms with Crippen LogP contribution in [-0.4, -0.2) is 22.1 Å². The predicted molar refractivity (Wildman–Crippen MR) is 84.3 cm³/mol. The summed E-state index contributed by atoms with van der Waals surface area (Å²) in [7, 11) is 0. The third kappa shape index (κ3) is 4.62. The zero-order valence-electron chi connectivity index (χ0n) is 14.0. The van der Waals surface area contributed by atoms with E-state index in [2.05, 4.69) is 10.5 Å². The molecule has 1 aromatic carbocycles. The van der Waals surface area contributed by atoms with Crippen LogP contribution < -0.4 is 5.32 Å². The van der Waals surface area contributed by atoms with Crippen molar-refractivity contribution in [1.29, 1.82) is 0 Å². The highest BCUT2D eigenvalue weighted by Gasteiger charge is 2.37. The number of carboxylic acids is 1. The van der Waals surface area contributed by atoms with E-state index in [0.717, 1.165) is 18.2 Å². The number of benzene rings is 1. The van der Waals surface area contributed by atoms with Gasteiger partial charge in [-0.2, -0.15) is 13.2 Å². The minimum absolute atomic E-state index is 0.251. The fourth-order valence-corrected chi connectivity index (χ4v) is 2.41. The van der Waals surface area contributed by atoms with Crippen molar-refractivity contribution in [3.05, 3.63) is 52.9 Å². The first-order chi connectivity index (χ1) is 12.1. The van der Waals surface area contributed by atoms with Gasteiger partial charge < -0.3 is 14.9 Å². The predicted octanol–water partition coefficient (Wildman–Crippen LogP) is 3.45. The highest BCUT2D eigenvalue weighted by molar-refractivity contribution is 5.94. The summed E-state index contributed by atoms with van der Waals surface area (Å²) in [6.45, 7) is 3.87. The summed E-state index contributed by atoms with van der Waals surface area (Å²) in [6, 6.07) is 3.62. The SMILES string of the molecule is CC(C)Cc1cc(C(=O)N[C@H](C(=O)O)c2ccccc2C(F)(F)F)on1. The molecule has 140 valence electrons. The van der Waals surface area contributed by atoms with Crippen molar-refractivity contribution in [3.8, 4) is 0 Å². The lowest BCUT2D eigenvalue weighted by molar-refractivity contribution is -0.142. The molecule has 2 rings (SSSR count). The van der Waals surface area contributed by atoms with Crippen molar-refractivity contribution in [2.24, 2.45) is 5.92 Å². The molecule has 1 heterocycles. The topological polar surface area (TPSA) is 92.4 Å². The number of carbonyl (C=O) groups is 2. The normalized spacial score (nSPS) is 12.8. The molecule has 0 radical (unpaired) electrons. The Balaban J connectivity index is 2.28. The third-order valence-corrected chi connectivity index (χ3v) is 3.50. The summed E-state index contributed by atoms with van der Waals surface area (Å²) in [6.07, 6.45) is -4.22. The third-order valence-electron chi connectivity index (χ3n) is 3.50. The number of carbonyl (C=O) groups excluding carboxylic acids is 1. The van der Waals surface area contributed by atoms with Gasteiger partial charge in [-0.05, 0) is 24.0 Å². The molecule has 0 unspecified atom stereocenters. The maximum Gasteiger partial charge on any atom is 0.416 e. The Labute approximate surface area is 147 Å². The lowest BCUT2D eigenvalue weighted by atomic mass is 9.99. The Morgan fingerprint density at radius 1 is 1.27 bits per heavy atom. The molecular weight excluding hydrogens is 353 g/mol. The van der Waals surface area contributed by atoms with E-state index in [9.17, 15) is 27.9 Å². The first-order valence-electron chi connectivity index (χ1n) is 7.75. The van der Waals surface area contributed by atoms with Gasteiger partial charge in [0.1, 0.15) is 0 Å². The standard InChI is InChI=1S/C17H17F3N2O4/c1-9(2)7-10-8-13(26-22-10)15(23)21-14(16(24)25)11-5-3-4-6-12(11)17(18,19)20/h3-6,8-9,14H,7H2,1-2H3,(H,21,23)(H,24,25)/t14-/m0/s1. The Morgan fingerprint density at radius 3 is 2.50 bits per heavy atom. The number of amides is 1. The zero-order valence-corrected chi connectivity index (χ0v) is 14.0. The molecule has 1 aromatic heterocycles. The van der Waals surface area contributed by atoms with E-state index in [1.54, 1.807) is 0 Å². The minimum Gasteiger partial charge on any atom is -0.479 e. The van der Waals surface area contributed by atoms with Crippen LogP contribution in [0.25, 0.3) is 0 Å². The molecule has 0 saturated carbocycles. The molecule has 2 N–H and O–H groups in total. The first-order valence-corrected chi connectivity index (χ1v) is 7.75. The summed E-state index contributed by atoms with van der Waals surface area (Å²) in [5.74, 6) is -2.60. The number of aliphatic carboxylic acids is 1. The molecule has 0 aliphatic rings. The molecule has 2 aromatic rings. The van der Waals surface area contributed by atoms with E-state index < -0.39 is 35.2 Å². The number of rotatable bonds is 6. The van der Waals surface area contributed by atoms with Crippen molar-refractivity contribution < 1.29 is 32.4 Å². The zero-order chi connectivity index (χ0) is 19.5. The maximum atomic E-state index is 13.1. The van der Waals surface area contributed by atoms with Gasteiger partial charge in [0.25, 0.3) is 5.91 Å². The van der Waals surface area contributed by atoms with E-state index in [0.29, 0.717) is 12.1 Å². The van der Waals surface area contributed by atoms with Crippen molar-refractivity contribution in [2.45, 2.75) is 32.5 Å². The van der Waals surface area contributed by atoms with Gasteiger partial charge in [0.2, 0.25) is 5.76 Å². The number of nitrogens with one attached hydrogen (secondary N) is 1. The summed E-state index contributed by atoms with van der Waals surface area (Å²) >= 11 is 0. The molecule has 26 heavy (non-hydrogen) atoms. The van der Waals surface area contributed by atoms with Gasteiger partial charge in [0.05, 0.1) is 11.3 Å². The number of alkyl halides is 3. The van der Waals surface area contributed by atoms with Crippen LogP contribution in [0.15, 0.2) is 34.9 Å². The van der Waals surface area contributed by atoms with E-state index in [1.807, 2.05) is 13.8 Å². The van der Waals surface area contributed by atoms with Crippen LogP contribution in [0.5, 0.6) is 0 Å². The number of nitrogens with zero attached hydrogens (tertiary/aromatic N) is 1. The lowest BCUT2D eigenvalue weighted by Gasteiger charge is -2.19. The number of aromatic nitrogens is 1. The Bertz CT molecular complexity index is 799. The van der Waals surface area contributed by atoms with Gasteiger partial charge in [0, 0.05) is 6.07 Å². The van der Waals surface area contributed by atoms with Crippen molar-refractivity contribution in [1.82, 2.24) is 10.5 Å². The number of carboxylic acid groups (broad SMARTS) is 1. The second kappa shape index (κ2) is 7.59. The smallest absolute Gasteiger partial charge is 0.416 e. The van der Waals surface area contributed by atoms with Crippen LogP contribution in [-0.2, 0) is 17.4 Å². The number of hydrogen-bond donors (Lipinski definition) is 2. The fraction of sp³-hybridized carbons (Fsp3) is 0.353. The van der Waals surface area contributed by atoms with E-state index in [4.69, 9.17) is 4.52 Å². The molecule has 9 heteroatoms. The Kier molecular flexibility index (Phi) is 5.69. The van der Waals surface area contributed by atoms with E-state index in [1.165, 1.54) is 12.1 Å². The van der Waals surface area contributed by atoms with Gasteiger partial charge in [-0.3, -0.25) is 4.79 Å². The second-order valence-corrected chi connectivity index (χ2v) is 6.11. The highest BCUT2D eigenvalue weighted by Crippen LogP contribution is 2.34. The molecule has 1 atom stereocenters. The average Bonchev–Trinajstić information content (AvgIpc) is 2.99. The van der Waals surface area contributed by atoms with Crippen LogP contribution in [0.1, 0.15) is 47.3 Å². The van der Waals surface area contributed by atoms with Gasteiger partial charge in [-0.1, -0.05) is 37.2 Å². The summed E-state index contributed by atoms with van der Waals surface area (Å²) < 4.78 is 44.2. The Morgan fingerprint density at radius 2 is 1.92 bits per heavy atom. The summed E-state index contributed by atoms with van der Waals surface area (Å²) in [4.78, 5) is 23.7. The molecule has 1 amide bonds. The van der Waals surface area contributed by atoms with Crippen LogP contribution >= 0.6 is 0 Å². The van der Waals surface area contributed by atoms with Crippen LogP contribution in [0.3, 0.4) is 0 Å². The molecule has 0 fully saturated rings. The van der Waals surface area contributed by atoms with Gasteiger partial charge in [0.15, 0.2) is 6.04 Å². The van der Waals surface area contributed by atoms with E-state index >= 15 is 0 Å². The first kappa shape index (κ1) is 19.5. The summed E-state index contributed by atoms with van der Waals surface area (Å²) in [5, 5.41) is 15.1. The average molecular weight is 370 g/mol. The monoisotopic (exact) mass is 370 g/mol. The second-order valence-electron chi connectivity index (χ2n) is 6.11. The molecule has 6 nitrogen and oxygen atoms in total. The molecule has 0 bridgehead atoms. The molecule has 0 spiro atoms. The van der Waals surface area contributed by atoms with Crippen LogP contribution in [0.2, 0.25) is 0 Å². The van der Waals surface area contributed by atoms with Gasteiger partial charge in [-0.15, -0.1) is 0 Å². The quantitative estimate of drug-likeness (QED) is 0.813. The largest absolute Gasteiger partial charge is 0.479 e. The highest BCUT2D eigenvalue weighted by atomic mass is 19.4. The maximum absolute atomic E-state index is 13.1. The molecule has 0 aliphatic heterocycles. The summed E-state index contributed by atoms with van der Waals surface area (Å²) in [5.41, 5.74) is -1.21. The number of hydrogen-bond acceptors (Lipinski definition) is 4. The lowest BCUT2D eigenvalue weighted by Crippen LogP contribution is -2.35. The van der Waals surface area contributed by atoms with Gasteiger partial charge in [-0.25, -0.2) is 4.79 Å². The van der Waals surface area contributed by atoms with Crippen LogP contribution in [0, 0.1) is 5.92 Å². The molecule has 0 aliphatic carbocycles. The fourth-order valence-electron chi connectivity index (χ4n) is 2.41. The Hall–Kier alpha value is -2.84. The van der Waals surface area contributed by atoms with E-state index in [-0.39, 0.29) is 11.7 Å². The van der Waals surface area contributed by atoms with Gasteiger partial charge >= 0.3 is 12.1 Å². The van der Waals surface area contributed by atoms with Crippen LogP contribution in [0.4, 0.5) is 13.2 Å². The minimum atomic E-state index is -4.76. The molecule has 0 saturated heterocycles. The molecular formula is C17H17F3N2O4.